The zero-order chi connectivity index (χ0) is 61.5. The lowest BCUT2D eigenvalue weighted by molar-refractivity contribution is -0.313. The molecule has 1 saturated heterocycles. The first-order valence-corrected chi connectivity index (χ1v) is 29.3. The normalized spacial score (nSPS) is 18.9. The minimum Gasteiger partial charge on any atom is -0.497 e. The number of ether oxygens (including phenoxy) is 11. The van der Waals surface area contributed by atoms with Crippen molar-refractivity contribution in [1.29, 1.82) is 0 Å². The van der Waals surface area contributed by atoms with E-state index in [2.05, 4.69) is 13.8 Å². The molecule has 0 bridgehead atoms. The molecule has 1 unspecified atom stereocenters. The number of aliphatic hydroxyl groups is 4. The van der Waals surface area contributed by atoms with Gasteiger partial charge in [-0.25, -0.2) is 0 Å². The first-order valence-electron chi connectivity index (χ1n) is 29.3. The molecule has 0 aromatic heterocycles. The van der Waals surface area contributed by atoms with E-state index in [4.69, 9.17) is 52.1 Å². The van der Waals surface area contributed by atoms with Gasteiger partial charge in [0.1, 0.15) is 28.7 Å². The Bertz CT molecular complexity index is 2530. The largest absolute Gasteiger partial charge is 0.497 e. The summed E-state index contributed by atoms with van der Waals surface area (Å²) in [4.78, 5) is 0. The molecule has 0 aliphatic carbocycles. The Labute approximate surface area is 500 Å². The fourth-order valence-electron chi connectivity index (χ4n) is 10.5. The Morgan fingerprint density at radius 1 is 0.405 bits per heavy atom. The summed E-state index contributed by atoms with van der Waals surface area (Å²) in [5.41, 5.74) is 0.429. The first kappa shape index (κ1) is 67.8. The lowest BCUT2D eigenvalue weighted by atomic mass is 9.68. The van der Waals surface area contributed by atoms with E-state index in [1.165, 1.54) is 0 Å². The van der Waals surface area contributed by atoms with Crippen molar-refractivity contribution in [2.45, 2.75) is 176 Å². The molecular weight excluding hydrogens is 1070 g/mol. The van der Waals surface area contributed by atoms with Crippen LogP contribution in [0.2, 0.25) is 0 Å². The predicted molar refractivity (Wildman–Crippen MR) is 325 cm³/mol. The summed E-state index contributed by atoms with van der Waals surface area (Å²) in [6.45, 7) is 21.6. The summed E-state index contributed by atoms with van der Waals surface area (Å²) < 4.78 is 67.8. The molecule has 5 aromatic rings. The van der Waals surface area contributed by atoms with Crippen molar-refractivity contribution in [2.75, 3.05) is 48.8 Å². The van der Waals surface area contributed by atoms with Gasteiger partial charge in [-0.1, -0.05) is 130 Å². The smallest absolute Gasteiger partial charge is 0.184 e. The molecule has 5 aromatic carbocycles. The SMILES string of the molecule is COc1ccc(COCC(C)(C)[C@H](O)C[C@@H](O)C(C)(C)[C@H](C[C@@H]2OC(c3ccc(OC)cc3)O[C@H](C[C@@H](OCc3ccc(OC)cc3)C(C)(C)[C@@H](O)C[C@H](O)C(C)(C)COCc3ccc(OC)cc3)C2(C)C)OCc2ccc(OC)cc2)cc1. The summed E-state index contributed by atoms with van der Waals surface area (Å²) in [5.74, 6) is 3.63. The zero-order valence-electron chi connectivity index (χ0n) is 52.6. The van der Waals surface area contributed by atoms with Crippen molar-refractivity contribution >= 4 is 0 Å². The van der Waals surface area contributed by atoms with Crippen LogP contribution in [0, 0.1) is 27.1 Å². The molecule has 464 valence electrons. The molecule has 1 fully saturated rings. The highest BCUT2D eigenvalue weighted by Gasteiger charge is 2.52. The van der Waals surface area contributed by atoms with E-state index < -0.39 is 82.2 Å². The zero-order valence-corrected chi connectivity index (χ0v) is 52.6. The van der Waals surface area contributed by atoms with E-state index in [0.717, 1.165) is 50.8 Å². The van der Waals surface area contributed by atoms with Gasteiger partial charge in [-0.15, -0.1) is 0 Å². The van der Waals surface area contributed by atoms with Crippen LogP contribution < -0.4 is 23.7 Å². The Kier molecular flexibility index (Phi) is 24.5. The Morgan fingerprint density at radius 2 is 0.679 bits per heavy atom. The van der Waals surface area contributed by atoms with Gasteiger partial charge < -0.3 is 72.5 Å². The third-order valence-corrected chi connectivity index (χ3v) is 17.6. The van der Waals surface area contributed by atoms with Gasteiger partial charge in [0.15, 0.2) is 6.29 Å². The quantitative estimate of drug-likeness (QED) is 0.0305. The highest BCUT2D eigenvalue weighted by Crippen LogP contribution is 2.49. The summed E-state index contributed by atoms with van der Waals surface area (Å²) in [7, 11) is 8.14. The number of hydrogen-bond donors (Lipinski definition) is 4. The molecule has 6 rings (SSSR count). The lowest BCUT2D eigenvalue weighted by Gasteiger charge is -2.52. The molecule has 1 aliphatic rings. The monoisotopic (exact) mass is 1170 g/mol. The molecule has 0 radical (unpaired) electrons. The van der Waals surface area contributed by atoms with Crippen molar-refractivity contribution in [1.82, 2.24) is 0 Å². The van der Waals surface area contributed by atoms with Gasteiger partial charge in [0, 0.05) is 58.3 Å². The molecule has 0 spiro atoms. The van der Waals surface area contributed by atoms with Crippen LogP contribution in [-0.2, 0) is 54.8 Å². The maximum atomic E-state index is 12.5. The van der Waals surface area contributed by atoms with Crippen LogP contribution in [0.15, 0.2) is 121 Å². The molecule has 0 amide bonds. The van der Waals surface area contributed by atoms with E-state index in [9.17, 15) is 20.4 Å². The van der Waals surface area contributed by atoms with Crippen LogP contribution in [-0.4, -0.2) is 118 Å². The van der Waals surface area contributed by atoms with Gasteiger partial charge in [0.2, 0.25) is 0 Å². The molecule has 15 heteroatoms. The number of aliphatic hydroxyl groups excluding tert-OH is 4. The van der Waals surface area contributed by atoms with E-state index in [1.807, 2.05) is 177 Å². The van der Waals surface area contributed by atoms with Gasteiger partial charge in [-0.2, -0.15) is 0 Å². The molecule has 15 nitrogen and oxygen atoms in total. The van der Waals surface area contributed by atoms with Gasteiger partial charge in [-0.3, -0.25) is 0 Å². The average molecular weight is 1170 g/mol. The number of rotatable bonds is 34. The highest BCUT2D eigenvalue weighted by molar-refractivity contribution is 5.30. The van der Waals surface area contributed by atoms with Crippen LogP contribution in [0.3, 0.4) is 0 Å². The second-order valence-corrected chi connectivity index (χ2v) is 25.8. The topological polar surface area (TPSA) is 182 Å². The second kappa shape index (κ2) is 30.4. The maximum Gasteiger partial charge on any atom is 0.184 e. The van der Waals surface area contributed by atoms with Crippen molar-refractivity contribution in [3.05, 3.63) is 149 Å². The number of hydrogen-bond acceptors (Lipinski definition) is 15. The Balaban J connectivity index is 1.30. The molecule has 1 heterocycles. The van der Waals surface area contributed by atoms with Crippen LogP contribution in [0.4, 0.5) is 0 Å². The minimum atomic E-state index is -1.04. The maximum absolute atomic E-state index is 12.5. The van der Waals surface area contributed by atoms with Crippen molar-refractivity contribution < 1.29 is 72.5 Å². The standard InChI is InChI=1S/C69H98O15/c1-65(2,44-79-40-46-16-26-51(74-11)27-17-46)56(70)36-58(72)67(5,6)60(81-42-48-20-30-53(76-13)31-21-48)38-62-69(9,10)63(84-64(83-62)50-24-34-55(78-15)35-25-50)39-61(82-43-49-22-32-54(77-14)33-23-49)68(7,8)59(73)37-57(71)66(3,4)45-80-41-47-18-28-52(75-12)29-19-47/h16-35,56-64,70-73H,36-45H2,1-15H3/t56-,57+,58-,59+,60+,61-,62+,63-,64?. The fraction of sp³-hybridized carbons (Fsp3) is 0.565. The fourth-order valence-corrected chi connectivity index (χ4v) is 10.5. The second-order valence-electron chi connectivity index (χ2n) is 25.8. The molecule has 1 aliphatic heterocycles. The van der Waals surface area contributed by atoms with Crippen molar-refractivity contribution in [3.63, 3.8) is 0 Å². The van der Waals surface area contributed by atoms with Gasteiger partial charge in [0.25, 0.3) is 0 Å². The molecule has 9 atom stereocenters. The minimum absolute atomic E-state index is 0.0522. The first-order chi connectivity index (χ1) is 39.7. The lowest BCUT2D eigenvalue weighted by Crippen LogP contribution is -2.55. The molecule has 4 N–H and O–H groups in total. The van der Waals surface area contributed by atoms with Crippen LogP contribution >= 0.6 is 0 Å². The van der Waals surface area contributed by atoms with Crippen molar-refractivity contribution in [2.24, 2.45) is 27.1 Å². The van der Waals surface area contributed by atoms with Gasteiger partial charge >= 0.3 is 0 Å². The molecular formula is C69H98O15. The summed E-state index contributed by atoms with van der Waals surface area (Å²) in [5, 5.41) is 48.9. The molecule has 84 heavy (non-hydrogen) atoms. The summed E-state index contributed by atoms with van der Waals surface area (Å²) >= 11 is 0. The highest BCUT2D eigenvalue weighted by atomic mass is 16.7. The third-order valence-electron chi connectivity index (χ3n) is 17.6. The third kappa shape index (κ3) is 18.4. The van der Waals surface area contributed by atoms with E-state index in [-0.39, 0.29) is 39.3 Å². The molecule has 0 saturated carbocycles. The summed E-state index contributed by atoms with van der Waals surface area (Å²) in [6.07, 6.45) is -6.47. The Morgan fingerprint density at radius 3 is 0.964 bits per heavy atom. The summed E-state index contributed by atoms with van der Waals surface area (Å²) in [6, 6.07) is 38.4. The number of methoxy groups -OCH3 is 5. The Hall–Kier alpha value is -5.30. The predicted octanol–water partition coefficient (Wildman–Crippen LogP) is 12.3. The van der Waals surface area contributed by atoms with Crippen LogP contribution in [0.25, 0.3) is 0 Å². The van der Waals surface area contributed by atoms with E-state index in [1.54, 1.807) is 35.5 Å². The van der Waals surface area contributed by atoms with Gasteiger partial charge in [0.05, 0.1) is 124 Å². The van der Waals surface area contributed by atoms with E-state index >= 15 is 0 Å². The average Bonchev–Trinajstić information content (AvgIpc) is 1.36. The van der Waals surface area contributed by atoms with Crippen LogP contribution in [0.5, 0.6) is 28.7 Å². The van der Waals surface area contributed by atoms with Gasteiger partial charge in [-0.05, 0) is 82.9 Å². The van der Waals surface area contributed by atoms with Crippen LogP contribution in [0.1, 0.15) is 129 Å². The number of benzene rings is 5. The van der Waals surface area contributed by atoms with E-state index in [0.29, 0.717) is 31.8 Å². The van der Waals surface area contributed by atoms with Crippen molar-refractivity contribution in [3.8, 4) is 28.7 Å².